The Morgan fingerprint density at radius 3 is 2.30 bits per heavy atom. The van der Waals surface area contributed by atoms with Crippen LogP contribution in [0.3, 0.4) is 0 Å². The van der Waals surface area contributed by atoms with E-state index in [-0.39, 0.29) is 16.5 Å². The molecule has 2 aromatic carbocycles. The van der Waals surface area contributed by atoms with Gasteiger partial charge >= 0.3 is 6.55 Å². The summed E-state index contributed by atoms with van der Waals surface area (Å²) in [6, 6.07) is 16.1. The Kier molecular flexibility index (Phi) is 5.18. The highest BCUT2D eigenvalue weighted by Gasteiger charge is 2.31. The van der Waals surface area contributed by atoms with Gasteiger partial charge in [0.1, 0.15) is 17.5 Å². The van der Waals surface area contributed by atoms with Crippen LogP contribution in [0.15, 0.2) is 65.1 Å². The van der Waals surface area contributed by atoms with Gasteiger partial charge in [-0.3, -0.25) is 9.36 Å². The van der Waals surface area contributed by atoms with Gasteiger partial charge in [-0.05, 0) is 24.3 Å². The summed E-state index contributed by atoms with van der Waals surface area (Å²) in [6.45, 7) is -2.79. The van der Waals surface area contributed by atoms with Crippen molar-refractivity contribution in [3.8, 4) is 6.07 Å². The van der Waals surface area contributed by atoms with Gasteiger partial charge < -0.3 is 9.80 Å². The van der Waals surface area contributed by atoms with Crippen LogP contribution in [0, 0.1) is 11.3 Å². The molecule has 0 N–H and O–H groups in total. The maximum Gasteiger partial charge on any atom is 0.321 e. The van der Waals surface area contributed by atoms with Gasteiger partial charge in [0.25, 0.3) is 0 Å². The lowest BCUT2D eigenvalue weighted by Crippen LogP contribution is -2.26. The summed E-state index contributed by atoms with van der Waals surface area (Å²) in [6.07, 6.45) is 0. The molecule has 0 spiro atoms. The predicted molar refractivity (Wildman–Crippen MR) is 113 cm³/mol. The number of hydrogen-bond donors (Lipinski definition) is 0. The topological polar surface area (TPSA) is 65.2 Å². The lowest BCUT2D eigenvalue weighted by molar-refractivity contribution is -0.112. The second-order valence-electron chi connectivity index (χ2n) is 6.66. The number of aromatic nitrogens is 2. The van der Waals surface area contributed by atoms with Crippen LogP contribution in [0.5, 0.6) is 0 Å². The SMILES string of the molecule is CN1C(=C(C#N)C(=O)CSc2nc3ccccc3n2C(F)F)N(C)c2ccccc21. The van der Waals surface area contributed by atoms with E-state index in [1.54, 1.807) is 48.2 Å². The number of alkyl halides is 2. The summed E-state index contributed by atoms with van der Waals surface area (Å²) in [5.74, 6) is -0.163. The predicted octanol–water partition coefficient (Wildman–Crippen LogP) is 4.41. The van der Waals surface area contributed by atoms with Crippen molar-refractivity contribution >= 4 is 40.0 Å². The number of benzene rings is 2. The third-order valence-electron chi connectivity index (χ3n) is 4.95. The number of carbonyl (C=O) groups is 1. The number of nitriles is 1. The Bertz CT molecular complexity index is 1180. The summed E-state index contributed by atoms with van der Waals surface area (Å²) in [4.78, 5) is 20.7. The molecule has 152 valence electrons. The molecule has 4 rings (SSSR count). The average molecular weight is 425 g/mol. The second kappa shape index (κ2) is 7.80. The number of hydrogen-bond acceptors (Lipinski definition) is 6. The molecule has 0 aliphatic carbocycles. The molecule has 0 fully saturated rings. The molecule has 30 heavy (non-hydrogen) atoms. The standard InChI is InChI=1S/C21H17F2N5OS/c1-26-16-9-5-6-10-17(16)27(2)19(26)13(11-24)18(29)12-30-21-25-14-7-3-4-8-15(14)28(21)20(22)23/h3-10,20H,12H2,1-2H3. The number of allylic oxidation sites excluding steroid dienone is 1. The summed E-state index contributed by atoms with van der Waals surface area (Å²) in [7, 11) is 3.57. The van der Waals surface area contributed by atoms with Crippen molar-refractivity contribution in [3.63, 3.8) is 0 Å². The average Bonchev–Trinajstić information content (AvgIpc) is 3.24. The van der Waals surface area contributed by atoms with Gasteiger partial charge in [-0.2, -0.15) is 14.0 Å². The fourth-order valence-corrected chi connectivity index (χ4v) is 4.46. The van der Waals surface area contributed by atoms with E-state index >= 15 is 0 Å². The molecule has 0 radical (unpaired) electrons. The first kappa shape index (κ1) is 19.9. The van der Waals surface area contributed by atoms with Gasteiger partial charge in [0, 0.05) is 14.1 Å². The lowest BCUT2D eigenvalue weighted by atomic mass is 10.2. The van der Waals surface area contributed by atoms with E-state index in [0.717, 1.165) is 27.7 Å². The number of carbonyl (C=O) groups excluding carboxylic acids is 1. The third-order valence-corrected chi connectivity index (χ3v) is 5.90. The number of rotatable bonds is 5. The lowest BCUT2D eigenvalue weighted by Gasteiger charge is -2.19. The monoisotopic (exact) mass is 425 g/mol. The van der Waals surface area contributed by atoms with Crippen molar-refractivity contribution in [2.24, 2.45) is 0 Å². The maximum atomic E-state index is 13.6. The van der Waals surface area contributed by atoms with E-state index in [0.29, 0.717) is 16.9 Å². The number of anilines is 2. The van der Waals surface area contributed by atoms with Crippen molar-refractivity contribution in [2.45, 2.75) is 11.7 Å². The molecule has 0 saturated carbocycles. The van der Waals surface area contributed by atoms with Gasteiger partial charge in [0.2, 0.25) is 0 Å². The van der Waals surface area contributed by atoms with Crippen LogP contribution in [0.2, 0.25) is 0 Å². The molecule has 1 aromatic heterocycles. The quantitative estimate of drug-likeness (QED) is 0.343. The van der Waals surface area contributed by atoms with Crippen LogP contribution in [0.4, 0.5) is 20.2 Å². The van der Waals surface area contributed by atoms with Crippen LogP contribution in [0.25, 0.3) is 11.0 Å². The molecule has 9 heteroatoms. The van der Waals surface area contributed by atoms with Crippen molar-refractivity contribution in [2.75, 3.05) is 29.6 Å². The number of Topliss-reactive ketones (excluding diaryl/α,β-unsaturated/α-hetero) is 1. The molecule has 0 unspecified atom stereocenters. The summed E-state index contributed by atoms with van der Waals surface area (Å²) in [5, 5.41) is 9.73. The van der Waals surface area contributed by atoms with Crippen molar-refractivity contribution < 1.29 is 13.6 Å². The molecule has 1 aliphatic rings. The summed E-state index contributed by atoms with van der Waals surface area (Å²) >= 11 is 0.898. The molecule has 6 nitrogen and oxygen atoms in total. The molecule has 0 saturated heterocycles. The van der Waals surface area contributed by atoms with E-state index in [1.165, 1.54) is 0 Å². The molecule has 1 aliphatic heterocycles. The molecule has 0 bridgehead atoms. The zero-order chi connectivity index (χ0) is 21.4. The first-order chi connectivity index (χ1) is 14.4. The van der Waals surface area contributed by atoms with Crippen LogP contribution in [-0.4, -0.2) is 35.2 Å². The Balaban J connectivity index is 1.63. The Labute approximate surface area is 176 Å². The molecule has 3 aromatic rings. The number of halogens is 2. The third kappa shape index (κ3) is 3.19. The van der Waals surface area contributed by atoms with Crippen LogP contribution in [-0.2, 0) is 4.79 Å². The normalized spacial score (nSPS) is 13.1. The largest absolute Gasteiger partial charge is 0.328 e. The fourth-order valence-electron chi connectivity index (χ4n) is 3.57. The second-order valence-corrected chi connectivity index (χ2v) is 7.60. The van der Waals surface area contributed by atoms with E-state index in [1.807, 2.05) is 30.3 Å². The van der Waals surface area contributed by atoms with E-state index in [4.69, 9.17) is 0 Å². The van der Waals surface area contributed by atoms with E-state index in [2.05, 4.69) is 4.98 Å². The first-order valence-electron chi connectivity index (χ1n) is 9.06. The summed E-state index contributed by atoms with van der Waals surface area (Å²) in [5.41, 5.74) is 2.46. The highest BCUT2D eigenvalue weighted by Crippen LogP contribution is 2.40. The molecule has 0 atom stereocenters. The van der Waals surface area contributed by atoms with E-state index < -0.39 is 12.3 Å². The minimum Gasteiger partial charge on any atom is -0.328 e. The zero-order valence-corrected chi connectivity index (χ0v) is 17.0. The van der Waals surface area contributed by atoms with Gasteiger partial charge in [-0.1, -0.05) is 36.0 Å². The fraction of sp³-hybridized carbons (Fsp3) is 0.190. The van der Waals surface area contributed by atoms with Crippen molar-refractivity contribution in [3.05, 3.63) is 59.9 Å². The zero-order valence-electron chi connectivity index (χ0n) is 16.2. The smallest absolute Gasteiger partial charge is 0.321 e. The highest BCUT2D eigenvalue weighted by atomic mass is 32.2. The first-order valence-corrected chi connectivity index (χ1v) is 10.0. The highest BCUT2D eigenvalue weighted by molar-refractivity contribution is 7.99. The van der Waals surface area contributed by atoms with Crippen LogP contribution >= 0.6 is 11.8 Å². The van der Waals surface area contributed by atoms with Gasteiger partial charge in [-0.15, -0.1) is 0 Å². The minimum atomic E-state index is -2.79. The molecular formula is C21H17F2N5OS. The van der Waals surface area contributed by atoms with Gasteiger partial charge in [0.15, 0.2) is 10.9 Å². The number of nitrogens with zero attached hydrogens (tertiary/aromatic N) is 5. The number of ketones is 1. The number of para-hydroxylation sites is 4. The van der Waals surface area contributed by atoms with Crippen molar-refractivity contribution in [1.82, 2.24) is 9.55 Å². The number of imidazole rings is 1. The van der Waals surface area contributed by atoms with Gasteiger partial charge in [0.05, 0.1) is 28.2 Å². The van der Waals surface area contributed by atoms with Gasteiger partial charge in [-0.25, -0.2) is 4.98 Å². The van der Waals surface area contributed by atoms with E-state index in [9.17, 15) is 18.8 Å². The van der Waals surface area contributed by atoms with Crippen LogP contribution < -0.4 is 9.80 Å². The molecular weight excluding hydrogens is 408 g/mol. The number of fused-ring (bicyclic) bond motifs is 2. The van der Waals surface area contributed by atoms with Crippen LogP contribution in [0.1, 0.15) is 6.55 Å². The summed E-state index contributed by atoms with van der Waals surface area (Å²) < 4.78 is 28.0. The molecule has 0 amide bonds. The Hall–Kier alpha value is -3.38. The van der Waals surface area contributed by atoms with Crippen molar-refractivity contribution in [1.29, 1.82) is 5.26 Å². The Morgan fingerprint density at radius 1 is 1.10 bits per heavy atom. The maximum absolute atomic E-state index is 13.6. The minimum absolute atomic E-state index is 0.0246. The number of thioether (sulfide) groups is 1. The molecule has 2 heterocycles. The Morgan fingerprint density at radius 2 is 1.70 bits per heavy atom.